The fourth-order valence-electron chi connectivity index (χ4n) is 1.12. The molecule has 0 aromatic rings. The van der Waals surface area contributed by atoms with Gasteiger partial charge in [0.05, 0.1) is 0 Å². The fourth-order valence-corrected chi connectivity index (χ4v) is 1.12. The van der Waals surface area contributed by atoms with Gasteiger partial charge in [0.15, 0.2) is 0 Å². The van der Waals surface area contributed by atoms with E-state index in [9.17, 15) is 4.79 Å². The highest BCUT2D eigenvalue weighted by atomic mass is 16.2. The summed E-state index contributed by atoms with van der Waals surface area (Å²) in [7, 11) is 6.11. The van der Waals surface area contributed by atoms with E-state index >= 15 is 0 Å². The molecule has 0 aliphatic rings. The van der Waals surface area contributed by atoms with Gasteiger partial charge >= 0.3 is 0 Å². The summed E-state index contributed by atoms with van der Waals surface area (Å²) < 4.78 is 0. The molecule has 0 heterocycles. The van der Waals surface area contributed by atoms with Gasteiger partial charge < -0.3 is 9.80 Å². The highest BCUT2D eigenvalue weighted by Crippen LogP contribution is 1.99. The molecule has 14 heavy (non-hydrogen) atoms. The Hall–Kier alpha value is -0.505. The maximum atomic E-state index is 11.5. The van der Waals surface area contributed by atoms with Crippen LogP contribution in [0, 0.1) is 5.92 Å². The maximum Gasteiger partial charge on any atom is 0.224 e. The molecular weight excluding hydrogens is 175 g/mol. The van der Waals surface area contributed by atoms with E-state index < -0.39 is 0 Å². The first kappa shape index (κ1) is 13.5. The zero-order valence-electron chi connectivity index (χ0n) is 10.4. The number of rotatable bonds is 5. The van der Waals surface area contributed by atoms with Crippen molar-refractivity contribution < 1.29 is 4.79 Å². The molecule has 0 bridgehead atoms. The summed E-state index contributed by atoms with van der Waals surface area (Å²) >= 11 is 0. The first-order chi connectivity index (χ1) is 6.36. The third kappa shape index (κ3) is 4.65. The Morgan fingerprint density at radius 3 is 2.07 bits per heavy atom. The number of likely N-dealkylation sites (N-methyl/N-ethyl adjacent to an activating group) is 2. The average molecular weight is 198 g/mol. The van der Waals surface area contributed by atoms with E-state index in [4.69, 9.17) is 0 Å². The Balaban J connectivity index is 3.85. The Morgan fingerprint density at radius 1 is 1.21 bits per heavy atom. The molecule has 1 unspecified atom stereocenters. The Bertz CT molecular complexity index is 183. The lowest BCUT2D eigenvalue weighted by Crippen LogP contribution is -2.39. The summed E-state index contributed by atoms with van der Waals surface area (Å²) in [6, 6.07) is 0. The van der Waals surface area contributed by atoms with Crippen LogP contribution in [-0.4, -0.2) is 56.7 Å². The van der Waals surface area contributed by atoms with Gasteiger partial charge in [-0.2, -0.15) is 0 Å². The van der Waals surface area contributed by atoms with Crippen molar-refractivity contribution in [1.29, 1.82) is 0 Å². The van der Waals surface area contributed by atoms with Crippen LogP contribution in [0.3, 0.4) is 0 Å². The van der Waals surface area contributed by atoms with Crippen LogP contribution in [0.5, 0.6) is 0 Å². The molecule has 0 aliphatic heterocycles. The SMILES string of the molecule is BC(C)N(C)CCN(C)C(=O)C(C)C. The topological polar surface area (TPSA) is 23.6 Å². The van der Waals surface area contributed by atoms with E-state index in [2.05, 4.69) is 26.7 Å². The Morgan fingerprint density at radius 2 is 1.71 bits per heavy atom. The molecule has 0 spiro atoms. The normalized spacial score (nSPS) is 13.4. The van der Waals surface area contributed by atoms with Crippen LogP contribution in [-0.2, 0) is 4.79 Å². The predicted molar refractivity (Wildman–Crippen MR) is 63.1 cm³/mol. The molecule has 0 radical (unpaired) electrons. The number of hydrogen-bond donors (Lipinski definition) is 0. The van der Waals surface area contributed by atoms with Gasteiger partial charge in [0, 0.05) is 26.1 Å². The zero-order chi connectivity index (χ0) is 11.3. The summed E-state index contributed by atoms with van der Waals surface area (Å²) in [6.07, 6.45) is 0. The van der Waals surface area contributed by atoms with Gasteiger partial charge in [-0.15, -0.1) is 0 Å². The second-order valence-corrected chi connectivity index (χ2v) is 4.49. The first-order valence-corrected chi connectivity index (χ1v) is 5.31. The van der Waals surface area contributed by atoms with Gasteiger partial charge in [-0.25, -0.2) is 0 Å². The Labute approximate surface area is 88.9 Å². The minimum absolute atomic E-state index is 0.101. The molecule has 1 atom stereocenters. The number of hydrogen-bond acceptors (Lipinski definition) is 2. The third-order valence-electron chi connectivity index (χ3n) is 2.54. The van der Waals surface area contributed by atoms with Gasteiger partial charge in [0.25, 0.3) is 0 Å². The molecule has 0 saturated heterocycles. The number of carbonyl (C=O) groups excluding carboxylic acids is 1. The lowest BCUT2D eigenvalue weighted by atomic mass is 9.98. The van der Waals surface area contributed by atoms with Gasteiger partial charge in [0.2, 0.25) is 5.91 Å². The fraction of sp³-hybridized carbons (Fsp3) is 0.900. The molecule has 0 fully saturated rings. The van der Waals surface area contributed by atoms with E-state index in [1.807, 2.05) is 25.8 Å². The van der Waals surface area contributed by atoms with Crippen LogP contribution in [0.15, 0.2) is 0 Å². The van der Waals surface area contributed by atoms with Crippen molar-refractivity contribution in [3.05, 3.63) is 0 Å². The van der Waals surface area contributed by atoms with E-state index in [0.717, 1.165) is 13.1 Å². The summed E-state index contributed by atoms with van der Waals surface area (Å²) in [5, 5.41) is 0. The Kier molecular flexibility index (Phi) is 5.85. The number of amides is 1. The van der Waals surface area contributed by atoms with Crippen molar-refractivity contribution in [3.63, 3.8) is 0 Å². The van der Waals surface area contributed by atoms with Gasteiger partial charge in [-0.1, -0.05) is 20.8 Å². The standard InChI is InChI=1S/C10H23BN2O/c1-8(2)10(14)13(5)7-6-12(4)9(3)11/h8-9H,6-7,11H2,1-5H3. The quantitative estimate of drug-likeness (QED) is 0.581. The van der Waals surface area contributed by atoms with Crippen molar-refractivity contribution in [2.45, 2.75) is 26.7 Å². The molecule has 0 aliphatic carbocycles. The van der Waals surface area contributed by atoms with Crippen LogP contribution in [0.1, 0.15) is 20.8 Å². The van der Waals surface area contributed by atoms with Gasteiger partial charge in [-0.3, -0.25) is 4.79 Å². The summed E-state index contributed by atoms with van der Waals surface area (Å²) in [4.78, 5) is 15.6. The molecule has 0 aromatic carbocycles. The van der Waals surface area contributed by atoms with E-state index in [1.54, 1.807) is 0 Å². The van der Waals surface area contributed by atoms with Gasteiger partial charge in [0.1, 0.15) is 7.85 Å². The molecule has 82 valence electrons. The largest absolute Gasteiger partial charge is 0.344 e. The van der Waals surface area contributed by atoms with Crippen LogP contribution in [0.2, 0.25) is 0 Å². The highest BCUT2D eigenvalue weighted by molar-refractivity contribution is 6.11. The molecule has 0 N–H and O–H groups in total. The van der Waals surface area contributed by atoms with Crippen molar-refractivity contribution in [1.82, 2.24) is 9.80 Å². The number of carbonyl (C=O) groups is 1. The smallest absolute Gasteiger partial charge is 0.224 e. The number of nitrogens with zero attached hydrogens (tertiary/aromatic N) is 2. The zero-order valence-corrected chi connectivity index (χ0v) is 10.4. The van der Waals surface area contributed by atoms with Crippen molar-refractivity contribution in [2.75, 3.05) is 27.2 Å². The summed E-state index contributed by atoms with van der Waals surface area (Å²) in [6.45, 7) is 7.78. The minimum atomic E-state index is 0.101. The molecule has 0 rings (SSSR count). The van der Waals surface area contributed by atoms with E-state index in [-0.39, 0.29) is 11.8 Å². The molecular formula is C10H23BN2O. The maximum absolute atomic E-state index is 11.5. The van der Waals surface area contributed by atoms with Crippen LogP contribution >= 0.6 is 0 Å². The highest BCUT2D eigenvalue weighted by Gasteiger charge is 2.13. The minimum Gasteiger partial charge on any atom is -0.344 e. The second-order valence-electron chi connectivity index (χ2n) is 4.49. The molecule has 3 nitrogen and oxygen atoms in total. The monoisotopic (exact) mass is 198 g/mol. The second kappa shape index (κ2) is 6.07. The summed E-state index contributed by atoms with van der Waals surface area (Å²) in [5.74, 6) is 0.865. The van der Waals surface area contributed by atoms with Crippen molar-refractivity contribution >= 4 is 13.8 Å². The van der Waals surface area contributed by atoms with E-state index in [1.165, 1.54) is 0 Å². The van der Waals surface area contributed by atoms with Gasteiger partial charge in [-0.05, 0) is 13.0 Å². The molecule has 4 heteroatoms. The summed E-state index contributed by atoms with van der Waals surface area (Å²) in [5.41, 5.74) is 0. The molecule has 0 aromatic heterocycles. The van der Waals surface area contributed by atoms with Crippen LogP contribution in [0.4, 0.5) is 0 Å². The van der Waals surface area contributed by atoms with Crippen LogP contribution in [0.25, 0.3) is 0 Å². The first-order valence-electron chi connectivity index (χ1n) is 5.31. The lowest BCUT2D eigenvalue weighted by molar-refractivity contribution is -0.133. The average Bonchev–Trinajstić information content (AvgIpc) is 2.11. The molecule has 0 saturated carbocycles. The third-order valence-corrected chi connectivity index (χ3v) is 2.54. The molecule has 1 amide bonds. The lowest BCUT2D eigenvalue weighted by Gasteiger charge is -2.25. The van der Waals surface area contributed by atoms with Crippen molar-refractivity contribution in [3.8, 4) is 0 Å². The van der Waals surface area contributed by atoms with Crippen molar-refractivity contribution in [2.24, 2.45) is 5.92 Å². The van der Waals surface area contributed by atoms with Crippen LogP contribution < -0.4 is 0 Å². The van der Waals surface area contributed by atoms with E-state index in [0.29, 0.717) is 5.94 Å². The predicted octanol–water partition coefficient (Wildman–Crippen LogP) is 0.0117.